The molecule has 0 fully saturated rings. The van der Waals surface area contributed by atoms with E-state index in [1.54, 1.807) is 38.1 Å². The van der Waals surface area contributed by atoms with Crippen LogP contribution in [0.3, 0.4) is 0 Å². The van der Waals surface area contributed by atoms with E-state index in [1.807, 2.05) is 0 Å². The topological polar surface area (TPSA) is 90.3 Å². The van der Waals surface area contributed by atoms with Gasteiger partial charge in [0.25, 0.3) is 11.5 Å². The monoisotopic (exact) mass is 481 g/mol. The number of rotatable bonds is 5. The number of ether oxygens (including phenoxy) is 1. The smallest absolute Gasteiger partial charge is 0.360 e. The maximum atomic E-state index is 12.8. The zero-order valence-electron chi connectivity index (χ0n) is 16.8. The van der Waals surface area contributed by atoms with E-state index in [2.05, 4.69) is 10.4 Å². The Balaban J connectivity index is 1.87. The Kier molecular flexibility index (Phi) is 6.89. The van der Waals surface area contributed by atoms with Crippen molar-refractivity contribution >= 4 is 63.1 Å². The number of fused-ring (bicyclic) bond motifs is 1. The third-order valence-corrected chi connectivity index (χ3v) is 5.47. The number of hydrogen-bond acceptors (Lipinski definition) is 5. The molecule has 31 heavy (non-hydrogen) atoms. The van der Waals surface area contributed by atoms with Crippen LogP contribution in [0.25, 0.3) is 10.8 Å². The molecule has 2 aromatic carbocycles. The van der Waals surface area contributed by atoms with Crippen LogP contribution in [0.5, 0.6) is 0 Å². The third kappa shape index (κ3) is 4.84. The Labute approximate surface area is 192 Å². The summed E-state index contributed by atoms with van der Waals surface area (Å²) < 4.78 is 6.52. The first-order valence-electron chi connectivity index (χ1n) is 9.28. The lowest BCUT2D eigenvalue weighted by Crippen LogP contribution is -2.32. The maximum absolute atomic E-state index is 12.8. The summed E-state index contributed by atoms with van der Waals surface area (Å²) >= 11 is 17.9. The van der Waals surface area contributed by atoms with Gasteiger partial charge >= 0.3 is 5.97 Å². The number of benzene rings is 2. The van der Waals surface area contributed by atoms with E-state index in [0.29, 0.717) is 10.8 Å². The Bertz CT molecular complexity index is 1240. The normalized spacial score (nSPS) is 12.1. The Morgan fingerprint density at radius 2 is 1.61 bits per heavy atom. The number of nitrogens with one attached hydrogen (secondary N) is 1. The van der Waals surface area contributed by atoms with Gasteiger partial charge in [0.05, 0.1) is 32.2 Å². The molecule has 0 aliphatic rings. The van der Waals surface area contributed by atoms with Gasteiger partial charge in [0, 0.05) is 5.39 Å². The minimum atomic E-state index is -1.18. The number of nitrogens with zero attached hydrogens (tertiary/aromatic N) is 2. The molecule has 0 aliphatic carbocycles. The van der Waals surface area contributed by atoms with E-state index in [-0.39, 0.29) is 38.1 Å². The highest BCUT2D eigenvalue weighted by Crippen LogP contribution is 2.32. The molecule has 162 valence electrons. The molecule has 3 aromatic rings. The van der Waals surface area contributed by atoms with Gasteiger partial charge in [-0.2, -0.15) is 5.10 Å². The highest BCUT2D eigenvalue weighted by atomic mass is 35.5. The highest BCUT2D eigenvalue weighted by Gasteiger charge is 2.24. The van der Waals surface area contributed by atoms with Gasteiger partial charge in [0.1, 0.15) is 0 Å². The predicted molar refractivity (Wildman–Crippen MR) is 121 cm³/mol. The first kappa shape index (κ1) is 23.1. The van der Waals surface area contributed by atoms with Gasteiger partial charge in [-0.25, -0.2) is 9.48 Å². The van der Waals surface area contributed by atoms with Gasteiger partial charge in [-0.15, -0.1) is 0 Å². The van der Waals surface area contributed by atoms with E-state index in [9.17, 15) is 14.4 Å². The maximum Gasteiger partial charge on any atom is 0.360 e. The number of carbonyl (C=O) groups excluding carboxylic acids is 2. The lowest BCUT2D eigenvalue weighted by atomic mass is 10.1. The average Bonchev–Trinajstić information content (AvgIpc) is 2.72. The summed E-state index contributed by atoms with van der Waals surface area (Å²) in [6.07, 6.45) is -1.18. The number of esters is 1. The third-order valence-electron chi connectivity index (χ3n) is 4.43. The molecule has 0 bridgehead atoms. The number of carbonyl (C=O) groups is 2. The fourth-order valence-electron chi connectivity index (χ4n) is 2.83. The van der Waals surface area contributed by atoms with Crippen LogP contribution < -0.4 is 10.9 Å². The van der Waals surface area contributed by atoms with E-state index >= 15 is 0 Å². The van der Waals surface area contributed by atoms with Crippen molar-refractivity contribution in [2.45, 2.75) is 32.9 Å². The summed E-state index contributed by atoms with van der Waals surface area (Å²) in [5.74, 6) is -1.47. The van der Waals surface area contributed by atoms with Crippen LogP contribution in [0.15, 0.2) is 41.2 Å². The van der Waals surface area contributed by atoms with Gasteiger partial charge in [-0.3, -0.25) is 9.59 Å². The standard InChI is InChI=1S/C21H18Cl3N3O4/c1-10(2)27-20(29)13-7-5-4-6-12(13)18(26-27)21(30)31-11(3)19(28)25-17-9-15(23)14(22)8-16(17)24/h4-11H,1-3H3,(H,25,28). The number of aromatic nitrogens is 2. The number of hydrogen-bond donors (Lipinski definition) is 1. The van der Waals surface area contributed by atoms with Crippen LogP contribution in [0.4, 0.5) is 5.69 Å². The van der Waals surface area contributed by atoms with Crippen LogP contribution in [-0.2, 0) is 9.53 Å². The molecule has 1 N–H and O–H groups in total. The van der Waals surface area contributed by atoms with Crippen molar-refractivity contribution in [3.63, 3.8) is 0 Å². The first-order valence-corrected chi connectivity index (χ1v) is 10.4. The van der Waals surface area contributed by atoms with Crippen molar-refractivity contribution in [3.05, 3.63) is 67.5 Å². The molecule has 1 atom stereocenters. The molecule has 1 aromatic heterocycles. The lowest BCUT2D eigenvalue weighted by Gasteiger charge is -2.16. The summed E-state index contributed by atoms with van der Waals surface area (Å²) in [6.45, 7) is 4.95. The van der Waals surface area contributed by atoms with Gasteiger partial charge in [0.15, 0.2) is 11.8 Å². The van der Waals surface area contributed by atoms with Crippen molar-refractivity contribution in [1.82, 2.24) is 9.78 Å². The molecule has 0 spiro atoms. The Hall–Kier alpha value is -2.61. The highest BCUT2D eigenvalue weighted by molar-refractivity contribution is 6.44. The summed E-state index contributed by atoms with van der Waals surface area (Å²) in [7, 11) is 0. The summed E-state index contributed by atoms with van der Waals surface area (Å²) in [5.41, 5.74) is -0.154. The zero-order chi connectivity index (χ0) is 22.9. The van der Waals surface area contributed by atoms with Crippen molar-refractivity contribution in [2.24, 2.45) is 0 Å². The minimum Gasteiger partial charge on any atom is -0.448 e. The van der Waals surface area contributed by atoms with E-state index in [0.717, 1.165) is 0 Å². The van der Waals surface area contributed by atoms with Crippen LogP contribution in [0.2, 0.25) is 15.1 Å². The van der Waals surface area contributed by atoms with Crippen molar-refractivity contribution in [1.29, 1.82) is 0 Å². The molecule has 0 saturated heterocycles. The second-order valence-electron chi connectivity index (χ2n) is 7.02. The van der Waals surface area contributed by atoms with Crippen LogP contribution in [-0.4, -0.2) is 27.8 Å². The molecule has 7 nitrogen and oxygen atoms in total. The Morgan fingerprint density at radius 1 is 1.00 bits per heavy atom. The second-order valence-corrected chi connectivity index (χ2v) is 8.24. The lowest BCUT2D eigenvalue weighted by molar-refractivity contribution is -0.123. The minimum absolute atomic E-state index is 0.0591. The first-order chi connectivity index (χ1) is 14.6. The molecule has 1 unspecified atom stereocenters. The molecule has 10 heteroatoms. The quantitative estimate of drug-likeness (QED) is 0.402. The summed E-state index contributed by atoms with van der Waals surface area (Å²) in [6, 6.07) is 9.10. The fourth-order valence-corrected chi connectivity index (χ4v) is 3.42. The van der Waals surface area contributed by atoms with Crippen LogP contribution in [0.1, 0.15) is 37.3 Å². The molecule has 0 radical (unpaired) electrons. The van der Waals surface area contributed by atoms with Crippen molar-refractivity contribution in [3.8, 4) is 0 Å². The van der Waals surface area contributed by atoms with E-state index in [1.165, 1.54) is 23.7 Å². The van der Waals surface area contributed by atoms with Gasteiger partial charge in [-0.1, -0.05) is 53.0 Å². The van der Waals surface area contributed by atoms with Crippen LogP contribution >= 0.6 is 34.8 Å². The number of halogens is 3. The zero-order valence-corrected chi connectivity index (χ0v) is 19.0. The van der Waals surface area contributed by atoms with Gasteiger partial charge in [-0.05, 0) is 39.0 Å². The Morgan fingerprint density at radius 3 is 2.26 bits per heavy atom. The molecular weight excluding hydrogens is 465 g/mol. The average molecular weight is 483 g/mol. The number of anilines is 1. The van der Waals surface area contributed by atoms with E-state index in [4.69, 9.17) is 39.5 Å². The summed E-state index contributed by atoms with van der Waals surface area (Å²) in [5, 5.41) is 8.02. The fraction of sp³-hybridized carbons (Fsp3) is 0.238. The van der Waals surface area contributed by atoms with Crippen LogP contribution in [0, 0.1) is 0 Å². The largest absolute Gasteiger partial charge is 0.448 e. The summed E-state index contributed by atoms with van der Waals surface area (Å²) in [4.78, 5) is 38.0. The number of amides is 1. The van der Waals surface area contributed by atoms with Crippen molar-refractivity contribution < 1.29 is 14.3 Å². The van der Waals surface area contributed by atoms with Gasteiger partial charge in [0.2, 0.25) is 0 Å². The molecular formula is C21H18Cl3N3O4. The molecule has 0 aliphatic heterocycles. The van der Waals surface area contributed by atoms with E-state index < -0.39 is 18.0 Å². The second kappa shape index (κ2) is 9.26. The SMILES string of the molecule is CC(OC(=O)c1nn(C(C)C)c(=O)c2ccccc12)C(=O)Nc1cc(Cl)c(Cl)cc1Cl. The molecule has 0 saturated carbocycles. The predicted octanol–water partition coefficient (Wildman–Crippen LogP) is 5.12. The molecule has 1 heterocycles. The van der Waals surface area contributed by atoms with Gasteiger partial charge < -0.3 is 10.1 Å². The van der Waals surface area contributed by atoms with Crippen molar-refractivity contribution in [2.75, 3.05) is 5.32 Å². The molecule has 1 amide bonds. The molecule has 3 rings (SSSR count).